The molecule has 0 aliphatic carbocycles. The fourth-order valence-electron chi connectivity index (χ4n) is 2.72. The largest absolute Gasteiger partial charge is 0.355 e. The first-order chi connectivity index (χ1) is 12.9. The van der Waals surface area contributed by atoms with Crippen LogP contribution in [0.25, 0.3) is 11.3 Å². The Hall–Kier alpha value is -2.25. The zero-order valence-electron chi connectivity index (χ0n) is 15.6. The molecular formula is C19H22ClN5OS. The van der Waals surface area contributed by atoms with Crippen LogP contribution in [0, 0.1) is 19.8 Å². The molecule has 8 heteroatoms. The second kappa shape index (κ2) is 8.63. The number of carbonyl (C=O) groups is 1. The Bertz CT molecular complexity index is 919. The number of aromatic nitrogens is 4. The minimum atomic E-state index is -0.175. The number of thiazole rings is 1. The van der Waals surface area contributed by atoms with E-state index in [1.54, 1.807) is 16.0 Å². The van der Waals surface area contributed by atoms with Crippen molar-refractivity contribution in [3.63, 3.8) is 0 Å². The molecule has 1 amide bonds. The third-order valence-corrected chi connectivity index (χ3v) is 5.35. The molecule has 0 radical (unpaired) electrons. The highest BCUT2D eigenvalue weighted by Crippen LogP contribution is 2.23. The van der Waals surface area contributed by atoms with Gasteiger partial charge in [0.1, 0.15) is 11.6 Å². The van der Waals surface area contributed by atoms with Crippen molar-refractivity contribution >= 4 is 28.8 Å². The van der Waals surface area contributed by atoms with Crippen LogP contribution in [0.4, 0.5) is 0 Å². The molecule has 1 atom stereocenters. The molecule has 1 N–H and O–H groups in total. The topological polar surface area (TPSA) is 72.7 Å². The van der Waals surface area contributed by atoms with Gasteiger partial charge in [0.2, 0.25) is 5.91 Å². The standard InChI is InChI=1S/C19H22ClN5OS/c1-12(10-25-14(3)22-13(2)24-25)19(26)21-9-8-18-23-17(11-27-18)15-4-6-16(20)7-5-15/h4-7,11-12H,8-10H2,1-3H3,(H,21,26)/t12-/m0/s1. The Labute approximate surface area is 167 Å². The maximum Gasteiger partial charge on any atom is 0.224 e. The summed E-state index contributed by atoms with van der Waals surface area (Å²) < 4.78 is 1.78. The van der Waals surface area contributed by atoms with E-state index in [-0.39, 0.29) is 11.8 Å². The summed E-state index contributed by atoms with van der Waals surface area (Å²) in [5.41, 5.74) is 1.97. The molecule has 0 fully saturated rings. The summed E-state index contributed by atoms with van der Waals surface area (Å²) in [6.45, 7) is 6.72. The molecule has 0 saturated carbocycles. The van der Waals surface area contributed by atoms with Crippen LogP contribution in [-0.2, 0) is 17.8 Å². The van der Waals surface area contributed by atoms with Gasteiger partial charge in [0.05, 0.1) is 23.2 Å². The van der Waals surface area contributed by atoms with E-state index in [0.29, 0.717) is 24.5 Å². The number of benzene rings is 1. The molecule has 0 saturated heterocycles. The van der Waals surface area contributed by atoms with Crippen LogP contribution in [0.3, 0.4) is 0 Å². The van der Waals surface area contributed by atoms with Crippen molar-refractivity contribution in [1.82, 2.24) is 25.1 Å². The van der Waals surface area contributed by atoms with Crippen LogP contribution in [-0.4, -0.2) is 32.2 Å². The SMILES string of the molecule is Cc1nc(C)n(C[C@H](C)C(=O)NCCc2nc(-c3ccc(Cl)cc3)cs2)n1. The predicted molar refractivity (Wildman–Crippen MR) is 108 cm³/mol. The Morgan fingerprint density at radius 3 is 2.67 bits per heavy atom. The zero-order chi connectivity index (χ0) is 19.4. The van der Waals surface area contributed by atoms with Crippen molar-refractivity contribution in [3.8, 4) is 11.3 Å². The van der Waals surface area contributed by atoms with E-state index in [2.05, 4.69) is 20.4 Å². The van der Waals surface area contributed by atoms with E-state index in [1.807, 2.05) is 50.4 Å². The van der Waals surface area contributed by atoms with Crippen molar-refractivity contribution in [2.45, 2.75) is 33.7 Å². The van der Waals surface area contributed by atoms with Gasteiger partial charge in [-0.15, -0.1) is 11.3 Å². The van der Waals surface area contributed by atoms with Gasteiger partial charge in [-0.3, -0.25) is 4.79 Å². The quantitative estimate of drug-likeness (QED) is 0.653. The summed E-state index contributed by atoms with van der Waals surface area (Å²) in [6, 6.07) is 7.63. The van der Waals surface area contributed by atoms with Gasteiger partial charge in [0.25, 0.3) is 0 Å². The first-order valence-electron chi connectivity index (χ1n) is 8.78. The summed E-state index contributed by atoms with van der Waals surface area (Å²) in [5.74, 6) is 1.38. The number of rotatable bonds is 7. The van der Waals surface area contributed by atoms with E-state index in [0.717, 1.165) is 27.9 Å². The summed E-state index contributed by atoms with van der Waals surface area (Å²) in [7, 11) is 0. The Kier molecular flexibility index (Phi) is 6.23. The number of halogens is 1. The van der Waals surface area contributed by atoms with Gasteiger partial charge >= 0.3 is 0 Å². The summed E-state index contributed by atoms with van der Waals surface area (Å²) in [6.07, 6.45) is 0.707. The van der Waals surface area contributed by atoms with Crippen molar-refractivity contribution in [1.29, 1.82) is 0 Å². The lowest BCUT2D eigenvalue weighted by atomic mass is 10.1. The van der Waals surface area contributed by atoms with Crippen LogP contribution < -0.4 is 5.32 Å². The van der Waals surface area contributed by atoms with E-state index in [1.165, 1.54) is 0 Å². The molecule has 2 aromatic heterocycles. The Balaban J connectivity index is 1.48. The molecule has 142 valence electrons. The van der Waals surface area contributed by atoms with Gasteiger partial charge in [-0.25, -0.2) is 14.6 Å². The molecule has 6 nitrogen and oxygen atoms in total. The maximum atomic E-state index is 12.3. The van der Waals surface area contributed by atoms with Crippen molar-refractivity contribution in [2.75, 3.05) is 6.54 Å². The lowest BCUT2D eigenvalue weighted by molar-refractivity contribution is -0.124. The van der Waals surface area contributed by atoms with Crippen LogP contribution in [0.5, 0.6) is 0 Å². The molecular weight excluding hydrogens is 382 g/mol. The molecule has 0 aliphatic heterocycles. The molecule has 0 aliphatic rings. The molecule has 0 spiro atoms. The number of hydrogen-bond acceptors (Lipinski definition) is 5. The van der Waals surface area contributed by atoms with Crippen LogP contribution in [0.2, 0.25) is 5.02 Å². The Morgan fingerprint density at radius 1 is 1.26 bits per heavy atom. The Morgan fingerprint density at radius 2 is 2.00 bits per heavy atom. The average molecular weight is 404 g/mol. The lowest BCUT2D eigenvalue weighted by Crippen LogP contribution is -2.33. The minimum Gasteiger partial charge on any atom is -0.355 e. The molecule has 3 rings (SSSR count). The highest BCUT2D eigenvalue weighted by Gasteiger charge is 2.15. The van der Waals surface area contributed by atoms with Crippen molar-refractivity contribution < 1.29 is 4.79 Å². The summed E-state index contributed by atoms with van der Waals surface area (Å²) in [4.78, 5) is 21.2. The van der Waals surface area contributed by atoms with E-state index in [9.17, 15) is 4.79 Å². The summed E-state index contributed by atoms with van der Waals surface area (Å²) in [5, 5.41) is 11.0. The van der Waals surface area contributed by atoms with Crippen LogP contribution in [0.1, 0.15) is 23.6 Å². The first kappa shape index (κ1) is 19.5. The first-order valence-corrected chi connectivity index (χ1v) is 10.0. The second-order valence-corrected chi connectivity index (χ2v) is 7.84. The highest BCUT2D eigenvalue weighted by molar-refractivity contribution is 7.09. The van der Waals surface area contributed by atoms with Gasteiger partial charge in [-0.2, -0.15) is 5.10 Å². The van der Waals surface area contributed by atoms with Gasteiger partial charge in [0, 0.05) is 28.9 Å². The van der Waals surface area contributed by atoms with Gasteiger partial charge in [-0.05, 0) is 26.0 Å². The maximum absolute atomic E-state index is 12.3. The number of hydrogen-bond donors (Lipinski definition) is 1. The zero-order valence-corrected chi connectivity index (χ0v) is 17.1. The molecule has 27 heavy (non-hydrogen) atoms. The van der Waals surface area contributed by atoms with Gasteiger partial charge in [0.15, 0.2) is 0 Å². The predicted octanol–water partition coefficient (Wildman–Crippen LogP) is 3.67. The molecule has 3 aromatic rings. The third-order valence-electron chi connectivity index (χ3n) is 4.19. The number of nitrogens with zero attached hydrogens (tertiary/aromatic N) is 4. The number of aryl methyl sites for hydroxylation is 2. The smallest absolute Gasteiger partial charge is 0.224 e. The number of amides is 1. The van der Waals surface area contributed by atoms with Crippen LogP contribution >= 0.6 is 22.9 Å². The van der Waals surface area contributed by atoms with Crippen LogP contribution in [0.15, 0.2) is 29.6 Å². The van der Waals surface area contributed by atoms with E-state index >= 15 is 0 Å². The molecule has 0 bridgehead atoms. The lowest BCUT2D eigenvalue weighted by Gasteiger charge is -2.12. The number of nitrogens with one attached hydrogen (secondary N) is 1. The van der Waals surface area contributed by atoms with Crippen molar-refractivity contribution in [3.05, 3.63) is 51.3 Å². The van der Waals surface area contributed by atoms with Gasteiger partial charge < -0.3 is 5.32 Å². The van der Waals surface area contributed by atoms with E-state index < -0.39 is 0 Å². The summed E-state index contributed by atoms with van der Waals surface area (Å²) >= 11 is 7.52. The number of carbonyl (C=O) groups excluding carboxylic acids is 1. The van der Waals surface area contributed by atoms with Gasteiger partial charge in [-0.1, -0.05) is 30.7 Å². The minimum absolute atomic E-state index is 0.0111. The highest BCUT2D eigenvalue weighted by atomic mass is 35.5. The van der Waals surface area contributed by atoms with E-state index in [4.69, 9.17) is 11.6 Å². The molecule has 0 unspecified atom stereocenters. The fourth-order valence-corrected chi connectivity index (χ4v) is 3.66. The monoisotopic (exact) mass is 403 g/mol. The normalized spacial score (nSPS) is 12.1. The molecule has 1 aromatic carbocycles. The fraction of sp³-hybridized carbons (Fsp3) is 0.368. The van der Waals surface area contributed by atoms with Crippen molar-refractivity contribution in [2.24, 2.45) is 5.92 Å². The third kappa shape index (κ3) is 5.14. The molecule has 2 heterocycles. The second-order valence-electron chi connectivity index (χ2n) is 6.46. The average Bonchev–Trinajstić information content (AvgIpc) is 3.22.